The molecule has 1 aliphatic rings. The van der Waals surface area contributed by atoms with Gasteiger partial charge >= 0.3 is 0 Å². The molecular weight excluding hydrogens is 271 g/mol. The molecule has 1 saturated heterocycles. The van der Waals surface area contributed by atoms with Gasteiger partial charge in [0.2, 0.25) is 5.95 Å². The number of rotatable bonds is 3. The van der Waals surface area contributed by atoms with Crippen molar-refractivity contribution in [3.05, 3.63) is 17.9 Å². The molecule has 5 nitrogen and oxygen atoms in total. The first-order chi connectivity index (χ1) is 10.1. The van der Waals surface area contributed by atoms with Crippen LogP contribution in [0.1, 0.15) is 25.8 Å². The molecule has 1 unspecified atom stereocenters. The van der Waals surface area contributed by atoms with Crippen molar-refractivity contribution in [2.45, 2.75) is 25.8 Å². The number of hydrogen-bond acceptors (Lipinski definition) is 4. The van der Waals surface area contributed by atoms with Crippen LogP contribution in [-0.2, 0) is 0 Å². The second-order valence-electron chi connectivity index (χ2n) is 5.50. The Morgan fingerprint density at radius 1 is 1.48 bits per heavy atom. The quantitative estimate of drug-likeness (QED) is 0.944. The summed E-state index contributed by atoms with van der Waals surface area (Å²) in [5.74, 6) is 0.265. The predicted molar refractivity (Wildman–Crippen MR) is 81.0 cm³/mol. The van der Waals surface area contributed by atoms with Crippen LogP contribution in [0.3, 0.4) is 0 Å². The molecule has 1 aromatic heterocycles. The Balaban J connectivity index is 2.06. The number of likely N-dealkylation sites (tertiary alicyclic amines) is 1. The first-order valence-electron chi connectivity index (χ1n) is 7.37. The molecule has 114 valence electrons. The molecule has 2 heterocycles. The second kappa shape index (κ2) is 5.52. The predicted octanol–water partition coefficient (Wildman–Crippen LogP) is 2.42. The average Bonchev–Trinajstić information content (AvgIpc) is 2.81. The summed E-state index contributed by atoms with van der Waals surface area (Å²) in [6, 6.07) is 3.36. The van der Waals surface area contributed by atoms with E-state index in [9.17, 15) is 4.39 Å². The number of hydrogen-bond donors (Lipinski definition) is 1. The van der Waals surface area contributed by atoms with Crippen LogP contribution in [0.4, 0.5) is 10.3 Å². The number of fused-ring (bicyclic) bond motifs is 1. The number of nitrogens with zero attached hydrogens (tertiary/aromatic N) is 3. The van der Waals surface area contributed by atoms with Gasteiger partial charge in [-0.3, -0.25) is 0 Å². The van der Waals surface area contributed by atoms with Crippen molar-refractivity contribution < 1.29 is 9.13 Å². The smallest absolute Gasteiger partial charge is 0.201 e. The van der Waals surface area contributed by atoms with Crippen molar-refractivity contribution in [2.75, 3.05) is 32.5 Å². The van der Waals surface area contributed by atoms with E-state index in [2.05, 4.69) is 16.8 Å². The summed E-state index contributed by atoms with van der Waals surface area (Å²) in [7, 11) is 1.47. The van der Waals surface area contributed by atoms with Crippen molar-refractivity contribution >= 4 is 17.0 Å². The van der Waals surface area contributed by atoms with Gasteiger partial charge in [0.1, 0.15) is 0 Å². The van der Waals surface area contributed by atoms with Gasteiger partial charge in [-0.05, 0) is 25.9 Å². The number of imidazole rings is 1. The molecule has 2 N–H and O–H groups in total. The molecule has 3 rings (SSSR count). The summed E-state index contributed by atoms with van der Waals surface area (Å²) < 4.78 is 20.9. The lowest BCUT2D eigenvalue weighted by atomic mass is 10.1. The largest absolute Gasteiger partial charge is 0.494 e. The van der Waals surface area contributed by atoms with Crippen LogP contribution in [-0.4, -0.2) is 41.2 Å². The fourth-order valence-corrected chi connectivity index (χ4v) is 3.18. The van der Waals surface area contributed by atoms with Crippen molar-refractivity contribution in [2.24, 2.45) is 0 Å². The number of anilines is 1. The maximum atomic E-state index is 13.8. The molecule has 0 spiro atoms. The molecule has 0 aliphatic carbocycles. The van der Waals surface area contributed by atoms with Crippen molar-refractivity contribution in [1.29, 1.82) is 0 Å². The molecule has 0 radical (unpaired) electrons. The SMILES string of the molecule is CCN1CCCC(n2c(N)nc3cc(F)c(OC)cc32)C1. The summed E-state index contributed by atoms with van der Waals surface area (Å²) in [4.78, 5) is 6.71. The zero-order chi connectivity index (χ0) is 15.0. The summed E-state index contributed by atoms with van der Waals surface area (Å²) in [6.45, 7) is 5.26. The topological polar surface area (TPSA) is 56.3 Å². The molecule has 1 aliphatic heterocycles. The van der Waals surface area contributed by atoms with E-state index >= 15 is 0 Å². The minimum Gasteiger partial charge on any atom is -0.494 e. The Bertz CT molecular complexity index is 655. The molecule has 6 heteroatoms. The molecular formula is C15H21FN4O. The average molecular weight is 292 g/mol. The Kier molecular flexibility index (Phi) is 3.71. The summed E-state index contributed by atoms with van der Waals surface area (Å²) in [5.41, 5.74) is 7.51. The van der Waals surface area contributed by atoms with Crippen LogP contribution in [0, 0.1) is 5.82 Å². The highest BCUT2D eigenvalue weighted by Crippen LogP contribution is 2.32. The van der Waals surface area contributed by atoms with E-state index < -0.39 is 5.82 Å². The van der Waals surface area contributed by atoms with Gasteiger partial charge in [0.25, 0.3) is 0 Å². The van der Waals surface area contributed by atoms with E-state index in [0.29, 0.717) is 11.5 Å². The van der Waals surface area contributed by atoms with Gasteiger partial charge in [0, 0.05) is 24.7 Å². The van der Waals surface area contributed by atoms with Gasteiger partial charge in [0.05, 0.1) is 18.1 Å². The Hall–Kier alpha value is -1.82. The molecule has 1 fully saturated rings. The normalized spacial score (nSPS) is 20.0. The number of nitrogen functional groups attached to an aromatic ring is 1. The number of benzene rings is 1. The van der Waals surface area contributed by atoms with E-state index in [1.807, 2.05) is 4.57 Å². The Morgan fingerprint density at radius 3 is 3.00 bits per heavy atom. The zero-order valence-corrected chi connectivity index (χ0v) is 12.5. The van der Waals surface area contributed by atoms with Crippen LogP contribution < -0.4 is 10.5 Å². The van der Waals surface area contributed by atoms with E-state index in [-0.39, 0.29) is 11.8 Å². The molecule has 1 aromatic carbocycles. The lowest BCUT2D eigenvalue weighted by Gasteiger charge is -2.33. The fourth-order valence-electron chi connectivity index (χ4n) is 3.18. The van der Waals surface area contributed by atoms with Gasteiger partial charge in [0.15, 0.2) is 11.6 Å². The lowest BCUT2D eigenvalue weighted by Crippen LogP contribution is -2.36. The highest BCUT2D eigenvalue weighted by molar-refractivity contribution is 5.80. The van der Waals surface area contributed by atoms with E-state index in [4.69, 9.17) is 10.5 Å². The summed E-state index contributed by atoms with van der Waals surface area (Å²) in [6.07, 6.45) is 2.20. The molecule has 1 atom stereocenters. The van der Waals surface area contributed by atoms with Crippen molar-refractivity contribution in [1.82, 2.24) is 14.5 Å². The van der Waals surface area contributed by atoms with E-state index in [1.165, 1.54) is 13.2 Å². The summed E-state index contributed by atoms with van der Waals surface area (Å²) >= 11 is 0. The van der Waals surface area contributed by atoms with Crippen LogP contribution in [0.5, 0.6) is 5.75 Å². The molecule has 0 amide bonds. The van der Waals surface area contributed by atoms with Crippen molar-refractivity contribution in [3.63, 3.8) is 0 Å². The molecule has 0 bridgehead atoms. The number of halogens is 1. The first kappa shape index (κ1) is 14.1. The highest BCUT2D eigenvalue weighted by Gasteiger charge is 2.24. The first-order valence-corrected chi connectivity index (χ1v) is 7.37. The van der Waals surface area contributed by atoms with Gasteiger partial charge in [-0.25, -0.2) is 9.37 Å². The van der Waals surface area contributed by atoms with Gasteiger partial charge in [-0.2, -0.15) is 0 Å². The fraction of sp³-hybridized carbons (Fsp3) is 0.533. The Morgan fingerprint density at radius 2 is 2.29 bits per heavy atom. The Labute approximate surface area is 123 Å². The minimum absolute atomic E-state index is 0.229. The van der Waals surface area contributed by atoms with Gasteiger partial charge < -0.3 is 19.9 Å². The summed E-state index contributed by atoms with van der Waals surface area (Å²) in [5, 5.41) is 0. The highest BCUT2D eigenvalue weighted by atomic mass is 19.1. The van der Waals surface area contributed by atoms with Crippen LogP contribution in [0.25, 0.3) is 11.0 Å². The number of piperidine rings is 1. The number of likely N-dealkylation sites (N-methyl/N-ethyl adjacent to an activating group) is 1. The molecule has 21 heavy (non-hydrogen) atoms. The van der Waals surface area contributed by atoms with Gasteiger partial charge in [-0.15, -0.1) is 0 Å². The van der Waals surface area contributed by atoms with Gasteiger partial charge in [-0.1, -0.05) is 6.92 Å². The standard InChI is InChI=1S/C15H21FN4O/c1-3-19-6-4-5-10(9-19)20-13-8-14(21-2)11(16)7-12(13)18-15(20)17/h7-8,10H,3-6,9H2,1-2H3,(H2,17,18). The van der Waals surface area contributed by atoms with Crippen molar-refractivity contribution in [3.8, 4) is 5.75 Å². The minimum atomic E-state index is -0.409. The zero-order valence-electron chi connectivity index (χ0n) is 12.5. The number of aromatic nitrogens is 2. The van der Waals surface area contributed by atoms with Crippen LogP contribution in [0.15, 0.2) is 12.1 Å². The molecule has 0 saturated carbocycles. The number of methoxy groups -OCH3 is 1. The lowest BCUT2D eigenvalue weighted by molar-refractivity contribution is 0.188. The monoisotopic (exact) mass is 292 g/mol. The third-order valence-electron chi connectivity index (χ3n) is 4.28. The maximum absolute atomic E-state index is 13.8. The van der Waals surface area contributed by atoms with Crippen LogP contribution >= 0.6 is 0 Å². The molecule has 2 aromatic rings. The van der Waals surface area contributed by atoms with E-state index in [1.54, 1.807) is 6.07 Å². The van der Waals surface area contributed by atoms with E-state index in [0.717, 1.165) is 38.0 Å². The second-order valence-corrected chi connectivity index (χ2v) is 5.50. The number of ether oxygens (including phenoxy) is 1. The third-order valence-corrected chi connectivity index (χ3v) is 4.28. The maximum Gasteiger partial charge on any atom is 0.201 e. The number of nitrogens with two attached hydrogens (primary N) is 1. The third kappa shape index (κ3) is 2.44. The van der Waals surface area contributed by atoms with Crippen LogP contribution in [0.2, 0.25) is 0 Å².